The minimum absolute atomic E-state index is 0.525. The summed E-state index contributed by atoms with van der Waals surface area (Å²) in [6, 6.07) is 0. The van der Waals surface area contributed by atoms with Crippen molar-refractivity contribution in [2.24, 2.45) is 0 Å². The molecule has 0 saturated carbocycles. The van der Waals surface area contributed by atoms with Crippen LogP contribution in [-0.4, -0.2) is 6.17 Å². The summed E-state index contributed by atoms with van der Waals surface area (Å²) in [6.07, 6.45) is 2.41. The Hall–Kier alpha value is -0.590. The van der Waals surface area contributed by atoms with Crippen molar-refractivity contribution in [2.45, 2.75) is 25.9 Å². The molecule has 0 N–H and O–H groups in total. The molecule has 50 valence electrons. The van der Waals surface area contributed by atoms with Crippen LogP contribution in [0.5, 0.6) is 0 Å². The van der Waals surface area contributed by atoms with E-state index in [0.717, 1.165) is 11.1 Å². The van der Waals surface area contributed by atoms with E-state index in [9.17, 15) is 4.39 Å². The van der Waals surface area contributed by atoms with E-state index < -0.39 is 6.17 Å². The van der Waals surface area contributed by atoms with E-state index in [1.807, 2.05) is 13.0 Å². The number of halogens is 1. The van der Waals surface area contributed by atoms with Gasteiger partial charge in [-0.3, -0.25) is 0 Å². The lowest BCUT2D eigenvalue weighted by atomic mass is 9.96. The fraction of sp³-hybridized carbons (Fsp3) is 0.500. The lowest BCUT2D eigenvalue weighted by Crippen LogP contribution is -2.06. The van der Waals surface area contributed by atoms with E-state index in [1.54, 1.807) is 0 Å². The maximum absolute atomic E-state index is 12.6. The molecule has 0 aromatic rings. The fourth-order valence-corrected chi connectivity index (χ4v) is 1.17. The van der Waals surface area contributed by atoms with Crippen molar-refractivity contribution in [1.29, 1.82) is 0 Å². The van der Waals surface area contributed by atoms with Gasteiger partial charge < -0.3 is 0 Å². The van der Waals surface area contributed by atoms with Crippen LogP contribution in [0.4, 0.5) is 4.39 Å². The quantitative estimate of drug-likeness (QED) is 0.468. The van der Waals surface area contributed by atoms with Gasteiger partial charge in [-0.15, -0.1) is 0 Å². The molecule has 0 bridgehead atoms. The summed E-state index contributed by atoms with van der Waals surface area (Å²) in [6.45, 7) is 5.64. The molecule has 0 aromatic heterocycles. The van der Waals surface area contributed by atoms with Crippen LogP contribution in [-0.2, 0) is 0 Å². The van der Waals surface area contributed by atoms with Crippen molar-refractivity contribution in [2.75, 3.05) is 0 Å². The first-order valence-corrected chi connectivity index (χ1v) is 3.17. The summed E-state index contributed by atoms with van der Waals surface area (Å²) in [5.41, 5.74) is 2.03. The van der Waals surface area contributed by atoms with Crippen molar-refractivity contribution < 1.29 is 4.39 Å². The van der Waals surface area contributed by atoms with Crippen molar-refractivity contribution in [3.8, 4) is 0 Å². The molecule has 1 aliphatic rings. The van der Waals surface area contributed by atoms with E-state index >= 15 is 0 Å². The summed E-state index contributed by atoms with van der Waals surface area (Å²) in [5.74, 6) is 0. The first-order valence-electron chi connectivity index (χ1n) is 3.17. The highest BCUT2D eigenvalue weighted by Crippen LogP contribution is 2.22. The van der Waals surface area contributed by atoms with Crippen LogP contribution in [0, 0.1) is 0 Å². The molecule has 0 nitrogen and oxygen atoms in total. The third kappa shape index (κ3) is 1.67. The van der Waals surface area contributed by atoms with Crippen molar-refractivity contribution in [1.82, 2.24) is 0 Å². The van der Waals surface area contributed by atoms with Gasteiger partial charge in [0.2, 0.25) is 0 Å². The highest BCUT2D eigenvalue weighted by molar-refractivity contribution is 5.24. The lowest BCUT2D eigenvalue weighted by molar-refractivity contribution is 0.325. The topological polar surface area (TPSA) is 0 Å². The second kappa shape index (κ2) is 2.34. The molecule has 1 atom stereocenters. The Morgan fingerprint density at radius 3 is 2.78 bits per heavy atom. The smallest absolute Gasteiger partial charge is 0.108 e. The van der Waals surface area contributed by atoms with Gasteiger partial charge in [0.1, 0.15) is 6.17 Å². The maximum atomic E-state index is 12.6. The van der Waals surface area contributed by atoms with Crippen LogP contribution >= 0.6 is 0 Å². The van der Waals surface area contributed by atoms with E-state index in [2.05, 4.69) is 6.58 Å². The van der Waals surface area contributed by atoms with Crippen molar-refractivity contribution >= 4 is 0 Å². The molecule has 0 amide bonds. The molecule has 0 radical (unpaired) electrons. The Morgan fingerprint density at radius 2 is 2.33 bits per heavy atom. The summed E-state index contributed by atoms with van der Waals surface area (Å²) >= 11 is 0. The van der Waals surface area contributed by atoms with Gasteiger partial charge >= 0.3 is 0 Å². The first kappa shape index (κ1) is 6.53. The summed E-state index contributed by atoms with van der Waals surface area (Å²) < 4.78 is 12.6. The van der Waals surface area contributed by atoms with Gasteiger partial charge in [-0.05, 0) is 13.3 Å². The molecule has 0 saturated heterocycles. The number of allylic oxidation sites excluding steroid dienone is 3. The molecule has 0 aromatic carbocycles. The molecule has 1 unspecified atom stereocenters. The number of hydrogen-bond acceptors (Lipinski definition) is 0. The van der Waals surface area contributed by atoms with Crippen LogP contribution in [0.15, 0.2) is 23.8 Å². The average molecular weight is 126 g/mol. The number of rotatable bonds is 0. The summed E-state index contributed by atoms with van der Waals surface area (Å²) in [7, 11) is 0. The Balaban J connectivity index is 2.67. The van der Waals surface area contributed by atoms with Crippen LogP contribution in [0.3, 0.4) is 0 Å². The average Bonchev–Trinajstić information content (AvgIpc) is 1.59. The largest absolute Gasteiger partial charge is 0.247 e. The molecule has 0 spiro atoms. The normalized spacial score (nSPS) is 28.0. The van der Waals surface area contributed by atoms with E-state index in [-0.39, 0.29) is 0 Å². The molecule has 9 heavy (non-hydrogen) atoms. The lowest BCUT2D eigenvalue weighted by Gasteiger charge is -2.14. The second-order valence-electron chi connectivity index (χ2n) is 2.65. The van der Waals surface area contributed by atoms with Crippen molar-refractivity contribution in [3.05, 3.63) is 23.8 Å². The van der Waals surface area contributed by atoms with E-state index in [0.29, 0.717) is 12.8 Å². The standard InChI is InChI=1S/C8H11F/c1-6-3-7(2)5-8(9)4-6/h3,8H,1,4-5H2,2H3. The monoisotopic (exact) mass is 126 g/mol. The minimum atomic E-state index is -0.678. The van der Waals surface area contributed by atoms with Gasteiger partial charge in [0.15, 0.2) is 0 Å². The highest BCUT2D eigenvalue weighted by Gasteiger charge is 2.12. The molecule has 1 heteroatoms. The third-order valence-electron chi connectivity index (χ3n) is 1.48. The van der Waals surface area contributed by atoms with Crippen LogP contribution in [0.2, 0.25) is 0 Å². The predicted molar refractivity (Wildman–Crippen MR) is 37.0 cm³/mol. The van der Waals surface area contributed by atoms with Crippen molar-refractivity contribution in [3.63, 3.8) is 0 Å². The van der Waals surface area contributed by atoms with Gasteiger partial charge in [-0.2, -0.15) is 0 Å². The molecule has 0 heterocycles. The molecule has 1 aliphatic carbocycles. The first-order chi connectivity index (χ1) is 4.18. The maximum Gasteiger partial charge on any atom is 0.108 e. The third-order valence-corrected chi connectivity index (χ3v) is 1.48. The Kier molecular flexibility index (Phi) is 1.70. The van der Waals surface area contributed by atoms with Gasteiger partial charge in [-0.25, -0.2) is 4.39 Å². The Bertz CT molecular complexity index is 156. The van der Waals surface area contributed by atoms with E-state index in [4.69, 9.17) is 0 Å². The van der Waals surface area contributed by atoms with Gasteiger partial charge in [0, 0.05) is 6.42 Å². The minimum Gasteiger partial charge on any atom is -0.247 e. The zero-order chi connectivity index (χ0) is 6.85. The summed E-state index contributed by atoms with van der Waals surface area (Å²) in [4.78, 5) is 0. The predicted octanol–water partition coefficient (Wildman–Crippen LogP) is 2.62. The van der Waals surface area contributed by atoms with Crippen LogP contribution < -0.4 is 0 Å². The highest BCUT2D eigenvalue weighted by atomic mass is 19.1. The van der Waals surface area contributed by atoms with Crippen LogP contribution in [0.25, 0.3) is 0 Å². The SMILES string of the molecule is C=C1C=C(C)CC(F)C1. The van der Waals surface area contributed by atoms with Gasteiger partial charge in [-0.1, -0.05) is 23.8 Å². The fourth-order valence-electron chi connectivity index (χ4n) is 1.17. The second-order valence-corrected chi connectivity index (χ2v) is 2.65. The molecule has 0 aliphatic heterocycles. The molecular weight excluding hydrogens is 115 g/mol. The zero-order valence-electron chi connectivity index (χ0n) is 5.65. The molecule has 1 rings (SSSR count). The van der Waals surface area contributed by atoms with Gasteiger partial charge in [0.05, 0.1) is 0 Å². The Labute approximate surface area is 55.1 Å². The summed E-state index contributed by atoms with van der Waals surface area (Å²) in [5, 5.41) is 0. The Morgan fingerprint density at radius 1 is 1.67 bits per heavy atom. The van der Waals surface area contributed by atoms with Crippen LogP contribution in [0.1, 0.15) is 19.8 Å². The number of alkyl halides is 1. The number of hydrogen-bond donors (Lipinski definition) is 0. The molecular formula is C8H11F. The van der Waals surface area contributed by atoms with E-state index in [1.165, 1.54) is 0 Å². The zero-order valence-corrected chi connectivity index (χ0v) is 5.65. The molecule has 0 fully saturated rings. The van der Waals surface area contributed by atoms with Gasteiger partial charge in [0.25, 0.3) is 0 Å².